The minimum atomic E-state index is -3.79. The molecule has 0 bridgehead atoms. The van der Waals surface area contributed by atoms with E-state index in [1.807, 2.05) is 33.8 Å². The lowest BCUT2D eigenvalue weighted by Gasteiger charge is -2.08. The average molecular weight is 345 g/mol. The van der Waals surface area contributed by atoms with Crippen molar-refractivity contribution in [2.45, 2.75) is 32.8 Å². The van der Waals surface area contributed by atoms with Crippen molar-refractivity contribution < 1.29 is 12.8 Å². The van der Waals surface area contributed by atoms with E-state index in [2.05, 4.69) is 14.9 Å². The number of aryl methyl sites for hydroxylation is 3. The number of hydrogen-bond donors (Lipinski definition) is 2. The number of benzene rings is 1. The van der Waals surface area contributed by atoms with Crippen LogP contribution in [0, 0.1) is 27.7 Å². The maximum atomic E-state index is 12.5. The van der Waals surface area contributed by atoms with Gasteiger partial charge in [-0.3, -0.25) is 9.82 Å². The summed E-state index contributed by atoms with van der Waals surface area (Å²) in [5, 5.41) is 6.87. The normalized spacial score (nSPS) is 11.7. The lowest BCUT2D eigenvalue weighted by Crippen LogP contribution is -2.12. The van der Waals surface area contributed by atoms with Gasteiger partial charge in [0.05, 0.1) is 0 Å². The van der Waals surface area contributed by atoms with E-state index >= 15 is 0 Å². The highest BCUT2D eigenvalue weighted by Gasteiger charge is 2.21. The molecule has 2 aromatic heterocycles. The third-order valence-electron chi connectivity index (χ3n) is 3.81. The van der Waals surface area contributed by atoms with Gasteiger partial charge in [0.2, 0.25) is 5.09 Å². The summed E-state index contributed by atoms with van der Waals surface area (Å²) in [6.45, 7) is 7.63. The van der Waals surface area contributed by atoms with Crippen molar-refractivity contribution in [3.63, 3.8) is 0 Å². The monoisotopic (exact) mass is 345 g/mol. The lowest BCUT2D eigenvalue weighted by atomic mass is 10.1. The van der Waals surface area contributed by atoms with Crippen LogP contribution in [0.2, 0.25) is 0 Å². The molecule has 24 heavy (non-hydrogen) atoms. The van der Waals surface area contributed by atoms with Crippen LogP contribution in [0.15, 0.2) is 39.8 Å². The number of anilines is 1. The maximum absolute atomic E-state index is 12.5. The van der Waals surface area contributed by atoms with Crippen molar-refractivity contribution in [2.24, 2.45) is 0 Å². The second-order valence-corrected chi connectivity index (χ2v) is 7.54. The van der Waals surface area contributed by atoms with E-state index in [1.54, 1.807) is 18.2 Å². The highest BCUT2D eigenvalue weighted by Crippen LogP contribution is 2.28. The summed E-state index contributed by atoms with van der Waals surface area (Å²) < 4.78 is 33.1. The van der Waals surface area contributed by atoms with Gasteiger partial charge >= 0.3 is 0 Å². The summed E-state index contributed by atoms with van der Waals surface area (Å²) in [5.74, 6) is 0.414. The molecule has 0 unspecified atom stereocenters. The van der Waals surface area contributed by atoms with Gasteiger partial charge in [0.25, 0.3) is 10.0 Å². The molecule has 0 aliphatic rings. The fourth-order valence-electron chi connectivity index (χ4n) is 2.56. The molecule has 2 N–H and O–H groups in total. The third-order valence-corrected chi connectivity index (χ3v) is 5.06. The van der Waals surface area contributed by atoms with E-state index in [1.165, 1.54) is 6.07 Å². The van der Waals surface area contributed by atoms with Gasteiger partial charge in [0, 0.05) is 16.9 Å². The van der Waals surface area contributed by atoms with Gasteiger partial charge in [-0.25, -0.2) is 0 Å². The van der Waals surface area contributed by atoms with Crippen molar-refractivity contribution in [1.29, 1.82) is 0 Å². The zero-order chi connectivity index (χ0) is 17.5. The number of rotatable bonds is 4. The van der Waals surface area contributed by atoms with Gasteiger partial charge < -0.3 is 4.42 Å². The van der Waals surface area contributed by atoms with E-state index < -0.39 is 10.0 Å². The first-order valence-electron chi connectivity index (χ1n) is 7.49. The zero-order valence-corrected chi connectivity index (χ0v) is 14.8. The van der Waals surface area contributed by atoms with E-state index in [4.69, 9.17) is 4.42 Å². The van der Waals surface area contributed by atoms with Gasteiger partial charge in [-0.1, -0.05) is 6.07 Å². The molecular weight excluding hydrogens is 326 g/mol. The van der Waals surface area contributed by atoms with Crippen molar-refractivity contribution >= 4 is 15.7 Å². The van der Waals surface area contributed by atoms with Crippen LogP contribution in [-0.4, -0.2) is 18.6 Å². The van der Waals surface area contributed by atoms with Gasteiger partial charge in [0.1, 0.15) is 5.69 Å². The van der Waals surface area contributed by atoms with Crippen molar-refractivity contribution in [3.8, 4) is 11.5 Å². The molecule has 1 aromatic carbocycles. The summed E-state index contributed by atoms with van der Waals surface area (Å²) in [7, 11) is -3.79. The van der Waals surface area contributed by atoms with Gasteiger partial charge in [-0.2, -0.15) is 13.5 Å². The molecule has 0 radical (unpaired) electrons. The number of nitrogens with one attached hydrogen (secondary N) is 2. The van der Waals surface area contributed by atoms with Crippen LogP contribution < -0.4 is 4.72 Å². The first kappa shape index (κ1) is 16.3. The van der Waals surface area contributed by atoms with Crippen molar-refractivity contribution in [2.75, 3.05) is 4.72 Å². The molecule has 0 saturated carbocycles. The Morgan fingerprint density at radius 1 is 1.04 bits per heavy atom. The van der Waals surface area contributed by atoms with E-state index in [-0.39, 0.29) is 5.09 Å². The van der Waals surface area contributed by atoms with Crippen molar-refractivity contribution in [3.05, 3.63) is 52.7 Å². The Bertz CT molecular complexity index is 980. The molecule has 0 fully saturated rings. The smallest absolute Gasteiger partial charge is 0.295 e. The number of hydrogen-bond acceptors (Lipinski definition) is 4. The molecule has 0 amide bonds. The summed E-state index contributed by atoms with van der Waals surface area (Å²) in [5.41, 5.74) is 4.93. The van der Waals surface area contributed by atoms with Gasteiger partial charge in [-0.05, 0) is 63.1 Å². The number of aromatic nitrogens is 2. The molecule has 0 saturated heterocycles. The number of nitrogens with zero attached hydrogens (tertiary/aromatic N) is 1. The molecule has 0 spiro atoms. The van der Waals surface area contributed by atoms with Gasteiger partial charge in [0.15, 0.2) is 5.76 Å². The standard InChI is InChI=1S/C17H19N3O3S/c1-10-7-11(2)9-14(8-10)20-24(21,22)16-6-5-15(23-16)17-12(3)13(4)18-19-17/h5-9,20H,1-4H3,(H,18,19). The van der Waals surface area contributed by atoms with Crippen LogP contribution in [0.4, 0.5) is 5.69 Å². The summed E-state index contributed by atoms with van der Waals surface area (Å²) >= 11 is 0. The lowest BCUT2D eigenvalue weighted by molar-refractivity contribution is 0.461. The molecule has 3 rings (SSSR count). The second kappa shape index (κ2) is 5.83. The van der Waals surface area contributed by atoms with E-state index in [0.29, 0.717) is 17.1 Å². The Labute approximate surface area is 141 Å². The zero-order valence-electron chi connectivity index (χ0n) is 14.0. The Hall–Kier alpha value is -2.54. The topological polar surface area (TPSA) is 88.0 Å². The van der Waals surface area contributed by atoms with Crippen LogP contribution in [0.1, 0.15) is 22.4 Å². The minimum Gasteiger partial charge on any atom is -0.441 e. The predicted octanol–water partition coefficient (Wildman–Crippen LogP) is 3.70. The third kappa shape index (κ3) is 3.07. The molecule has 0 aliphatic carbocycles. The second-order valence-electron chi connectivity index (χ2n) is 5.92. The quantitative estimate of drug-likeness (QED) is 0.754. The molecule has 0 atom stereocenters. The first-order valence-corrected chi connectivity index (χ1v) is 8.97. The Balaban J connectivity index is 1.92. The molecule has 7 heteroatoms. The largest absolute Gasteiger partial charge is 0.441 e. The molecular formula is C17H19N3O3S. The van der Waals surface area contributed by atoms with Crippen molar-refractivity contribution in [1.82, 2.24) is 10.2 Å². The number of sulfonamides is 1. The molecule has 0 aliphatic heterocycles. The first-order chi connectivity index (χ1) is 11.3. The highest BCUT2D eigenvalue weighted by molar-refractivity contribution is 7.92. The fraction of sp³-hybridized carbons (Fsp3) is 0.235. The Morgan fingerprint density at radius 2 is 1.71 bits per heavy atom. The summed E-state index contributed by atoms with van der Waals surface area (Å²) in [4.78, 5) is 0. The number of H-pyrrole nitrogens is 1. The highest BCUT2D eigenvalue weighted by atomic mass is 32.2. The van der Waals surface area contributed by atoms with Crippen LogP contribution >= 0.6 is 0 Å². The van der Waals surface area contributed by atoms with Crippen LogP contribution in [0.5, 0.6) is 0 Å². The SMILES string of the molecule is Cc1cc(C)cc(NS(=O)(=O)c2ccc(-c3n[nH]c(C)c3C)o2)c1. The van der Waals surface area contributed by atoms with E-state index in [9.17, 15) is 8.42 Å². The van der Waals surface area contributed by atoms with Crippen LogP contribution in [0.25, 0.3) is 11.5 Å². The predicted molar refractivity (Wildman–Crippen MR) is 92.5 cm³/mol. The van der Waals surface area contributed by atoms with Gasteiger partial charge in [-0.15, -0.1) is 0 Å². The number of aromatic amines is 1. The molecule has 126 valence electrons. The Morgan fingerprint density at radius 3 is 2.29 bits per heavy atom. The fourth-order valence-corrected chi connectivity index (χ4v) is 3.53. The minimum absolute atomic E-state index is 0.142. The van der Waals surface area contributed by atoms with Crippen LogP contribution in [0.3, 0.4) is 0 Å². The molecule has 6 nitrogen and oxygen atoms in total. The maximum Gasteiger partial charge on any atom is 0.295 e. The summed E-state index contributed by atoms with van der Waals surface area (Å²) in [6.07, 6.45) is 0. The van der Waals surface area contributed by atoms with Crippen LogP contribution in [-0.2, 0) is 10.0 Å². The summed E-state index contributed by atoms with van der Waals surface area (Å²) in [6, 6.07) is 8.57. The van der Waals surface area contributed by atoms with E-state index in [0.717, 1.165) is 22.4 Å². The molecule has 3 aromatic rings. The Kier molecular flexibility index (Phi) is 3.96. The molecule has 2 heterocycles. The number of furan rings is 1. The average Bonchev–Trinajstić information content (AvgIpc) is 3.06.